The molecule has 138 valence electrons. The molecule has 0 bridgehead atoms. The highest BCUT2D eigenvalue weighted by Crippen LogP contribution is 2.24. The van der Waals surface area contributed by atoms with Gasteiger partial charge in [0.05, 0.1) is 12.1 Å². The molecule has 0 spiro atoms. The van der Waals surface area contributed by atoms with Gasteiger partial charge in [0.25, 0.3) is 5.91 Å². The maximum absolute atomic E-state index is 12.9. The lowest BCUT2D eigenvalue weighted by atomic mass is 10.3. The maximum atomic E-state index is 12.9. The normalized spacial score (nSPS) is 11.4. The Labute approximate surface area is 154 Å². The molecule has 2 aromatic rings. The largest absolute Gasteiger partial charge is 0.497 e. The van der Waals surface area contributed by atoms with Crippen LogP contribution in [-0.4, -0.2) is 31.7 Å². The number of hydrogen-bond donors (Lipinski definition) is 1. The molecule has 1 amide bonds. The van der Waals surface area contributed by atoms with Crippen molar-refractivity contribution >= 4 is 29.2 Å². The van der Waals surface area contributed by atoms with Crippen LogP contribution >= 0.6 is 11.6 Å². The van der Waals surface area contributed by atoms with Gasteiger partial charge in [-0.25, -0.2) is 9.18 Å². The van der Waals surface area contributed by atoms with Crippen LogP contribution in [0.15, 0.2) is 42.5 Å². The van der Waals surface area contributed by atoms with Crippen LogP contribution in [-0.2, 0) is 14.3 Å². The number of carbonyl (C=O) groups is 2. The first-order valence-electron chi connectivity index (χ1n) is 7.61. The van der Waals surface area contributed by atoms with Crippen LogP contribution < -0.4 is 14.8 Å². The van der Waals surface area contributed by atoms with Crippen LogP contribution in [0.25, 0.3) is 0 Å². The molecule has 0 saturated heterocycles. The summed E-state index contributed by atoms with van der Waals surface area (Å²) in [6, 6.07) is 10.2. The average molecular weight is 382 g/mol. The number of rotatable bonds is 7. The van der Waals surface area contributed by atoms with Crippen LogP contribution in [0.3, 0.4) is 0 Å². The smallest absolute Gasteiger partial charge is 0.344 e. The van der Waals surface area contributed by atoms with Gasteiger partial charge in [0.1, 0.15) is 17.3 Å². The van der Waals surface area contributed by atoms with Gasteiger partial charge in [0, 0.05) is 5.69 Å². The summed E-state index contributed by atoms with van der Waals surface area (Å²) in [6.45, 7) is 0.965. The third-order valence-electron chi connectivity index (χ3n) is 3.27. The minimum absolute atomic E-state index is 0.0306. The van der Waals surface area contributed by atoms with Gasteiger partial charge < -0.3 is 19.5 Å². The van der Waals surface area contributed by atoms with Crippen LogP contribution in [0.4, 0.5) is 10.1 Å². The molecule has 2 aromatic carbocycles. The number of halogens is 2. The van der Waals surface area contributed by atoms with Crippen molar-refractivity contribution in [3.8, 4) is 11.5 Å². The fourth-order valence-corrected chi connectivity index (χ4v) is 2.15. The molecule has 8 heteroatoms. The van der Waals surface area contributed by atoms with E-state index in [4.69, 9.17) is 25.8 Å². The third-order valence-corrected chi connectivity index (χ3v) is 3.57. The molecule has 6 nitrogen and oxygen atoms in total. The number of hydrogen-bond acceptors (Lipinski definition) is 5. The van der Waals surface area contributed by atoms with Crippen LogP contribution in [0.2, 0.25) is 5.02 Å². The Kier molecular flexibility index (Phi) is 6.80. The summed E-state index contributed by atoms with van der Waals surface area (Å²) in [5, 5.41) is 2.64. The first kappa shape index (κ1) is 19.5. The SMILES string of the molecule is COc1ccc(NC(=O)[C@H](C)OC(=O)COc2ccc(F)cc2Cl)cc1. The van der Waals surface area contributed by atoms with Crippen molar-refractivity contribution in [1.82, 2.24) is 0 Å². The van der Waals surface area contributed by atoms with E-state index in [-0.39, 0.29) is 10.8 Å². The lowest BCUT2D eigenvalue weighted by molar-refractivity contribution is -0.155. The molecule has 0 aliphatic carbocycles. The molecule has 26 heavy (non-hydrogen) atoms. The first-order valence-corrected chi connectivity index (χ1v) is 7.99. The van der Waals surface area contributed by atoms with Gasteiger partial charge in [-0.2, -0.15) is 0 Å². The quantitative estimate of drug-likeness (QED) is 0.744. The molecule has 0 radical (unpaired) electrons. The molecular formula is C18H17ClFNO5. The second-order valence-electron chi connectivity index (χ2n) is 5.21. The van der Waals surface area contributed by atoms with E-state index in [1.54, 1.807) is 24.3 Å². The summed E-state index contributed by atoms with van der Waals surface area (Å²) in [4.78, 5) is 23.8. The molecule has 2 rings (SSSR count). The molecule has 0 saturated carbocycles. The Morgan fingerprint density at radius 3 is 2.50 bits per heavy atom. The summed E-state index contributed by atoms with van der Waals surface area (Å²) >= 11 is 5.79. The van der Waals surface area contributed by atoms with Crippen molar-refractivity contribution in [2.24, 2.45) is 0 Å². The summed E-state index contributed by atoms with van der Waals surface area (Å²) in [5.74, 6) is -0.987. The molecule has 0 fully saturated rings. The molecule has 0 aliphatic heterocycles. The van der Waals surface area contributed by atoms with E-state index in [2.05, 4.69) is 5.32 Å². The third kappa shape index (κ3) is 5.63. The fourth-order valence-electron chi connectivity index (χ4n) is 1.93. The summed E-state index contributed by atoms with van der Waals surface area (Å²) in [5.41, 5.74) is 0.535. The monoisotopic (exact) mass is 381 g/mol. The number of ether oxygens (including phenoxy) is 3. The predicted molar refractivity (Wildman–Crippen MR) is 94.1 cm³/mol. The van der Waals surface area contributed by atoms with Crippen molar-refractivity contribution in [2.75, 3.05) is 19.0 Å². The lowest BCUT2D eigenvalue weighted by Gasteiger charge is -2.14. The minimum Gasteiger partial charge on any atom is -0.497 e. The molecule has 0 unspecified atom stereocenters. The van der Waals surface area contributed by atoms with Gasteiger partial charge in [-0.1, -0.05) is 11.6 Å². The van der Waals surface area contributed by atoms with Crippen LogP contribution in [0.5, 0.6) is 11.5 Å². The van der Waals surface area contributed by atoms with Crippen molar-refractivity contribution < 1.29 is 28.2 Å². The zero-order chi connectivity index (χ0) is 19.1. The highest BCUT2D eigenvalue weighted by molar-refractivity contribution is 6.32. The molecule has 1 N–H and O–H groups in total. The number of carbonyl (C=O) groups excluding carboxylic acids is 2. The van der Waals surface area contributed by atoms with Gasteiger partial charge >= 0.3 is 5.97 Å². The number of amides is 1. The number of benzene rings is 2. The Morgan fingerprint density at radius 1 is 1.19 bits per heavy atom. The van der Waals surface area contributed by atoms with Crippen LogP contribution in [0, 0.1) is 5.82 Å². The lowest BCUT2D eigenvalue weighted by Crippen LogP contribution is -2.31. The number of anilines is 1. The second-order valence-corrected chi connectivity index (χ2v) is 5.62. The number of methoxy groups -OCH3 is 1. The van der Waals surface area contributed by atoms with Crippen LogP contribution in [0.1, 0.15) is 6.92 Å². The van der Waals surface area contributed by atoms with Crippen molar-refractivity contribution in [3.05, 3.63) is 53.3 Å². The van der Waals surface area contributed by atoms with E-state index < -0.39 is 30.4 Å². The van der Waals surface area contributed by atoms with E-state index in [0.29, 0.717) is 11.4 Å². The van der Waals surface area contributed by atoms with Crippen molar-refractivity contribution in [1.29, 1.82) is 0 Å². The van der Waals surface area contributed by atoms with Gasteiger partial charge in [0.2, 0.25) is 0 Å². The Bertz CT molecular complexity index is 782. The zero-order valence-corrected chi connectivity index (χ0v) is 14.9. The van der Waals surface area contributed by atoms with Gasteiger partial charge in [-0.15, -0.1) is 0 Å². The number of esters is 1. The number of nitrogens with one attached hydrogen (secondary N) is 1. The molecule has 0 aromatic heterocycles. The first-order chi connectivity index (χ1) is 12.4. The molecular weight excluding hydrogens is 365 g/mol. The van der Waals surface area contributed by atoms with E-state index in [0.717, 1.165) is 12.1 Å². The standard InChI is InChI=1S/C18H17ClFNO5/c1-11(18(23)21-13-4-6-14(24-2)7-5-13)26-17(22)10-25-16-8-3-12(20)9-15(16)19/h3-9,11H,10H2,1-2H3,(H,21,23)/t11-/m0/s1. The van der Waals surface area contributed by atoms with E-state index in [1.165, 1.54) is 20.1 Å². The van der Waals surface area contributed by atoms with E-state index in [9.17, 15) is 14.0 Å². The maximum Gasteiger partial charge on any atom is 0.344 e. The highest BCUT2D eigenvalue weighted by Gasteiger charge is 2.18. The van der Waals surface area contributed by atoms with Crippen molar-refractivity contribution in [2.45, 2.75) is 13.0 Å². The van der Waals surface area contributed by atoms with Gasteiger partial charge in [-0.05, 0) is 49.4 Å². The fraction of sp³-hybridized carbons (Fsp3) is 0.222. The van der Waals surface area contributed by atoms with Gasteiger partial charge in [0.15, 0.2) is 12.7 Å². The average Bonchev–Trinajstić information content (AvgIpc) is 2.61. The molecule has 1 atom stereocenters. The topological polar surface area (TPSA) is 73.9 Å². The Morgan fingerprint density at radius 2 is 1.88 bits per heavy atom. The Hall–Kier alpha value is -2.80. The van der Waals surface area contributed by atoms with E-state index >= 15 is 0 Å². The highest BCUT2D eigenvalue weighted by atomic mass is 35.5. The molecule has 0 heterocycles. The summed E-state index contributed by atoms with van der Waals surface area (Å²) in [6.07, 6.45) is -1.03. The summed E-state index contributed by atoms with van der Waals surface area (Å²) in [7, 11) is 1.54. The predicted octanol–water partition coefficient (Wildman–Crippen LogP) is 3.44. The minimum atomic E-state index is -1.03. The molecule has 0 aliphatic rings. The Balaban J connectivity index is 1.82. The summed E-state index contributed by atoms with van der Waals surface area (Å²) < 4.78 is 28.1. The second kappa shape index (κ2) is 9.05. The van der Waals surface area contributed by atoms with E-state index in [1.807, 2.05) is 0 Å². The van der Waals surface area contributed by atoms with Gasteiger partial charge in [-0.3, -0.25) is 4.79 Å². The van der Waals surface area contributed by atoms with Crippen molar-refractivity contribution in [3.63, 3.8) is 0 Å². The zero-order valence-electron chi connectivity index (χ0n) is 14.1.